The first-order valence-electron chi connectivity index (χ1n) is 13.9. The normalized spacial score (nSPS) is 14.8. The van der Waals surface area contributed by atoms with Gasteiger partial charge in [0.1, 0.15) is 17.3 Å². The summed E-state index contributed by atoms with van der Waals surface area (Å²) in [7, 11) is 0. The van der Waals surface area contributed by atoms with Gasteiger partial charge in [-0.1, -0.05) is 66.7 Å². The van der Waals surface area contributed by atoms with Crippen molar-refractivity contribution in [1.82, 2.24) is 14.0 Å². The lowest BCUT2D eigenvalue weighted by Gasteiger charge is -2.37. The predicted molar refractivity (Wildman–Crippen MR) is 157 cm³/mol. The van der Waals surface area contributed by atoms with Crippen molar-refractivity contribution in [2.24, 2.45) is 5.73 Å². The van der Waals surface area contributed by atoms with Crippen LogP contribution in [0.4, 0.5) is 14.5 Å². The molecule has 0 aliphatic carbocycles. The lowest BCUT2D eigenvalue weighted by atomic mass is 10.1. The van der Waals surface area contributed by atoms with Gasteiger partial charge in [0.15, 0.2) is 0 Å². The third-order valence-electron chi connectivity index (χ3n) is 7.89. The molecule has 4 aromatic rings. The molecule has 1 unspecified atom stereocenters. The summed E-state index contributed by atoms with van der Waals surface area (Å²) in [5.74, 6) is -1.49. The van der Waals surface area contributed by atoms with E-state index in [0.29, 0.717) is 24.5 Å². The maximum Gasteiger partial charge on any atom is 0.331 e. The molecule has 0 saturated carbocycles. The van der Waals surface area contributed by atoms with E-state index < -0.39 is 28.9 Å². The van der Waals surface area contributed by atoms with Crippen LogP contribution in [0.2, 0.25) is 0 Å². The summed E-state index contributed by atoms with van der Waals surface area (Å²) in [5, 5.41) is 0. The largest absolute Gasteiger partial charge is 0.363 e. The van der Waals surface area contributed by atoms with E-state index in [0.717, 1.165) is 48.3 Å². The molecule has 1 atom stereocenters. The minimum absolute atomic E-state index is 0.0637. The molecule has 1 aromatic heterocycles. The molecule has 2 heterocycles. The molecule has 1 saturated heterocycles. The Labute approximate surface area is 238 Å². The second kappa shape index (κ2) is 12.6. The van der Waals surface area contributed by atoms with E-state index in [2.05, 4.69) is 17.0 Å². The summed E-state index contributed by atoms with van der Waals surface area (Å²) in [6, 6.07) is 22.5. The van der Waals surface area contributed by atoms with Crippen molar-refractivity contribution in [3.8, 4) is 0 Å². The average Bonchev–Trinajstić information content (AvgIpc) is 2.99. The number of halogens is 2. The van der Waals surface area contributed by atoms with Crippen molar-refractivity contribution < 1.29 is 8.78 Å². The van der Waals surface area contributed by atoms with Crippen molar-refractivity contribution >= 4 is 5.69 Å². The van der Waals surface area contributed by atoms with Gasteiger partial charge >= 0.3 is 5.69 Å². The Hall–Kier alpha value is -4.08. The number of aromatic nitrogens is 2. The summed E-state index contributed by atoms with van der Waals surface area (Å²) in [6.07, 6.45) is 0.934. The van der Waals surface area contributed by atoms with Gasteiger partial charge < -0.3 is 10.6 Å². The molecule has 5 rings (SSSR count). The molecule has 9 heteroatoms. The van der Waals surface area contributed by atoms with Crippen LogP contribution in [0.1, 0.15) is 28.4 Å². The maximum atomic E-state index is 14.6. The highest BCUT2D eigenvalue weighted by Gasteiger charge is 2.26. The maximum absolute atomic E-state index is 14.6. The van der Waals surface area contributed by atoms with Gasteiger partial charge in [-0.2, -0.15) is 0 Å². The predicted octanol–water partition coefficient (Wildman–Crippen LogP) is 3.71. The van der Waals surface area contributed by atoms with Crippen molar-refractivity contribution in [2.45, 2.75) is 32.5 Å². The Morgan fingerprint density at radius 2 is 1.41 bits per heavy atom. The van der Waals surface area contributed by atoms with Gasteiger partial charge in [0, 0.05) is 50.0 Å². The molecule has 0 radical (unpaired) electrons. The minimum Gasteiger partial charge on any atom is -0.363 e. The Morgan fingerprint density at radius 3 is 2.05 bits per heavy atom. The second-order valence-corrected chi connectivity index (χ2v) is 10.5. The fourth-order valence-electron chi connectivity index (χ4n) is 5.47. The first-order chi connectivity index (χ1) is 19.8. The van der Waals surface area contributed by atoms with E-state index in [4.69, 9.17) is 5.73 Å². The molecule has 0 spiro atoms. The van der Waals surface area contributed by atoms with E-state index in [-0.39, 0.29) is 18.7 Å². The quantitative estimate of drug-likeness (QED) is 0.339. The Bertz CT molecular complexity index is 1580. The van der Waals surface area contributed by atoms with Crippen LogP contribution < -0.4 is 21.9 Å². The molecule has 3 aromatic carbocycles. The van der Waals surface area contributed by atoms with Gasteiger partial charge in [-0.25, -0.2) is 13.6 Å². The van der Waals surface area contributed by atoms with E-state index in [1.165, 1.54) is 16.2 Å². The van der Waals surface area contributed by atoms with Crippen LogP contribution in [-0.4, -0.2) is 46.8 Å². The standard InChI is InChI=1S/C32H35F2N5O2/c1-23-30(37-19-17-36(18-20-37)16-15-24-9-4-2-5-10-24)31(40)39(22-29(35)25-11-6-3-7-12-25)32(41)38(23)21-26-27(33)13-8-14-28(26)34/h2-14,29H,15-22,35H2,1H3. The third-order valence-corrected chi connectivity index (χ3v) is 7.89. The first kappa shape index (κ1) is 28.4. The molecule has 214 valence electrons. The molecular formula is C32H35F2N5O2. The number of hydrogen-bond donors (Lipinski definition) is 1. The summed E-state index contributed by atoms with van der Waals surface area (Å²) in [5.41, 5.74) is 7.91. The second-order valence-electron chi connectivity index (χ2n) is 10.5. The monoisotopic (exact) mass is 559 g/mol. The highest BCUT2D eigenvalue weighted by molar-refractivity contribution is 5.49. The molecular weight excluding hydrogens is 524 g/mol. The average molecular weight is 560 g/mol. The number of piperazine rings is 1. The van der Waals surface area contributed by atoms with Crippen LogP contribution >= 0.6 is 0 Å². The topological polar surface area (TPSA) is 76.5 Å². The van der Waals surface area contributed by atoms with Crippen LogP contribution in [0.25, 0.3) is 0 Å². The minimum atomic E-state index is -0.747. The van der Waals surface area contributed by atoms with Gasteiger partial charge in [-0.3, -0.25) is 18.8 Å². The highest BCUT2D eigenvalue weighted by atomic mass is 19.1. The number of benzene rings is 3. The molecule has 1 aliphatic heterocycles. The van der Waals surface area contributed by atoms with E-state index >= 15 is 0 Å². The Kier molecular flexibility index (Phi) is 8.75. The summed E-state index contributed by atoms with van der Waals surface area (Å²) in [4.78, 5) is 31.9. The van der Waals surface area contributed by atoms with Crippen molar-refractivity contribution in [1.29, 1.82) is 0 Å². The third kappa shape index (κ3) is 6.31. The van der Waals surface area contributed by atoms with Crippen LogP contribution in [0.5, 0.6) is 0 Å². The molecule has 1 aliphatic rings. The number of nitrogens with two attached hydrogens (primary N) is 1. The Balaban J connectivity index is 1.46. The molecule has 0 amide bonds. The van der Waals surface area contributed by atoms with Crippen LogP contribution in [-0.2, 0) is 19.5 Å². The van der Waals surface area contributed by atoms with Crippen molar-refractivity contribution in [2.75, 3.05) is 37.6 Å². The molecule has 0 bridgehead atoms. The van der Waals surface area contributed by atoms with Crippen molar-refractivity contribution in [3.63, 3.8) is 0 Å². The fraction of sp³-hybridized carbons (Fsp3) is 0.312. The number of rotatable bonds is 9. The molecule has 2 N–H and O–H groups in total. The van der Waals surface area contributed by atoms with Gasteiger partial charge in [-0.15, -0.1) is 0 Å². The molecule has 7 nitrogen and oxygen atoms in total. The Morgan fingerprint density at radius 1 is 0.805 bits per heavy atom. The fourth-order valence-corrected chi connectivity index (χ4v) is 5.47. The first-order valence-corrected chi connectivity index (χ1v) is 13.9. The number of anilines is 1. The zero-order chi connectivity index (χ0) is 28.9. The van der Waals surface area contributed by atoms with Gasteiger partial charge in [-0.05, 0) is 36.6 Å². The zero-order valence-corrected chi connectivity index (χ0v) is 23.2. The van der Waals surface area contributed by atoms with Gasteiger partial charge in [0.2, 0.25) is 0 Å². The smallest absolute Gasteiger partial charge is 0.331 e. The summed E-state index contributed by atoms with van der Waals surface area (Å²) in [6.45, 7) is 4.83. The van der Waals surface area contributed by atoms with E-state index in [9.17, 15) is 18.4 Å². The zero-order valence-electron chi connectivity index (χ0n) is 23.2. The number of nitrogens with zero attached hydrogens (tertiary/aromatic N) is 4. The van der Waals surface area contributed by atoms with E-state index in [1.54, 1.807) is 6.92 Å². The lowest BCUT2D eigenvalue weighted by molar-refractivity contribution is 0.260. The summed E-state index contributed by atoms with van der Waals surface area (Å²) < 4.78 is 31.7. The summed E-state index contributed by atoms with van der Waals surface area (Å²) >= 11 is 0. The van der Waals surface area contributed by atoms with Crippen molar-refractivity contribution in [3.05, 3.63) is 134 Å². The molecule has 1 fully saturated rings. The highest BCUT2D eigenvalue weighted by Crippen LogP contribution is 2.20. The lowest BCUT2D eigenvalue weighted by Crippen LogP contribution is -2.52. The van der Waals surface area contributed by atoms with Crippen LogP contribution in [0.15, 0.2) is 88.5 Å². The van der Waals surface area contributed by atoms with Gasteiger partial charge in [0.25, 0.3) is 5.56 Å². The van der Waals surface area contributed by atoms with E-state index in [1.807, 2.05) is 53.4 Å². The number of hydrogen-bond acceptors (Lipinski definition) is 5. The van der Waals surface area contributed by atoms with Crippen LogP contribution in [0.3, 0.4) is 0 Å². The SMILES string of the molecule is Cc1c(N2CCN(CCc3ccccc3)CC2)c(=O)n(CC(N)c2ccccc2)c(=O)n1Cc1c(F)cccc1F. The van der Waals surface area contributed by atoms with Gasteiger partial charge in [0.05, 0.1) is 13.1 Å². The molecule has 41 heavy (non-hydrogen) atoms. The van der Waals surface area contributed by atoms with Crippen LogP contribution in [0, 0.1) is 18.6 Å².